The predicted molar refractivity (Wildman–Crippen MR) is 70.4 cm³/mol. The molecule has 1 aromatic rings. The molecule has 0 amide bonds. The number of benzene rings is 1. The first-order valence-corrected chi connectivity index (χ1v) is 6.88. The van der Waals surface area contributed by atoms with Gasteiger partial charge in [0.05, 0.1) is 5.69 Å². The van der Waals surface area contributed by atoms with Gasteiger partial charge in [-0.25, -0.2) is 0 Å². The topological polar surface area (TPSA) is 49.4 Å². The van der Waals surface area contributed by atoms with E-state index in [0.29, 0.717) is 10.7 Å². The molecule has 0 aliphatic rings. The van der Waals surface area contributed by atoms with Gasteiger partial charge in [-0.3, -0.25) is 4.72 Å². The largest absolute Gasteiger partial charge is 0.301 e. The second-order valence-electron chi connectivity index (χ2n) is 3.01. The summed E-state index contributed by atoms with van der Waals surface area (Å²) in [5, 5.41) is 0.492. The Balaban J connectivity index is 3.05. The van der Waals surface area contributed by atoms with Crippen LogP contribution in [0.5, 0.6) is 0 Å². The summed E-state index contributed by atoms with van der Waals surface area (Å²) in [6.07, 6.45) is 0. The Labute approximate surface area is 108 Å². The van der Waals surface area contributed by atoms with E-state index in [9.17, 15) is 8.42 Å². The third kappa shape index (κ3) is 3.47. The first-order chi connectivity index (χ1) is 6.83. The van der Waals surface area contributed by atoms with Crippen molar-refractivity contribution in [2.24, 2.45) is 0 Å². The lowest BCUT2D eigenvalue weighted by molar-refractivity contribution is 0.527. The highest BCUT2D eigenvalue weighted by Crippen LogP contribution is 2.23. The minimum Gasteiger partial charge on any atom is -0.270 e. The van der Waals surface area contributed by atoms with Gasteiger partial charge in [-0.1, -0.05) is 11.6 Å². The molecular weight excluding hydrogens is 351 g/mol. The van der Waals surface area contributed by atoms with Crippen molar-refractivity contribution < 1.29 is 8.42 Å². The smallest absolute Gasteiger partial charge is 0.270 e. The fraction of sp³-hybridized carbons (Fsp3) is 0.250. The maximum absolute atomic E-state index is 11.5. The molecule has 4 nitrogen and oxygen atoms in total. The fourth-order valence-electron chi connectivity index (χ4n) is 0.806. The molecule has 0 unspecified atom stereocenters. The van der Waals surface area contributed by atoms with Gasteiger partial charge in [0.1, 0.15) is 0 Å². The summed E-state index contributed by atoms with van der Waals surface area (Å²) in [7, 11) is -0.554. The van der Waals surface area contributed by atoms with Crippen molar-refractivity contribution in [2.45, 2.75) is 0 Å². The molecule has 0 aliphatic heterocycles. The Morgan fingerprint density at radius 1 is 1.40 bits per heavy atom. The van der Waals surface area contributed by atoms with Gasteiger partial charge in [-0.05, 0) is 40.8 Å². The van der Waals surface area contributed by atoms with Gasteiger partial charge in [0.15, 0.2) is 0 Å². The zero-order chi connectivity index (χ0) is 11.6. The number of rotatable bonds is 3. The van der Waals surface area contributed by atoms with Gasteiger partial charge in [0.2, 0.25) is 0 Å². The van der Waals surface area contributed by atoms with Gasteiger partial charge < -0.3 is 0 Å². The van der Waals surface area contributed by atoms with E-state index in [-0.39, 0.29) is 0 Å². The average Bonchev–Trinajstić information content (AvgIpc) is 2.10. The van der Waals surface area contributed by atoms with Crippen LogP contribution in [-0.4, -0.2) is 26.8 Å². The maximum Gasteiger partial charge on any atom is 0.301 e. The molecule has 0 fully saturated rings. The second-order valence-corrected chi connectivity index (χ2v) is 6.50. The maximum atomic E-state index is 11.5. The minimum absolute atomic E-state index is 0.483. The molecule has 0 aliphatic carbocycles. The van der Waals surface area contributed by atoms with Crippen molar-refractivity contribution in [2.75, 3.05) is 18.8 Å². The molecular formula is C8H10ClIN2O2S. The summed E-state index contributed by atoms with van der Waals surface area (Å²) in [6.45, 7) is 0. The number of anilines is 1. The van der Waals surface area contributed by atoms with E-state index < -0.39 is 10.2 Å². The predicted octanol–water partition coefficient (Wildman–Crippen LogP) is 2.16. The van der Waals surface area contributed by atoms with Crippen LogP contribution in [0.4, 0.5) is 5.69 Å². The molecule has 84 valence electrons. The molecule has 0 bridgehead atoms. The molecule has 7 heteroatoms. The van der Waals surface area contributed by atoms with Crippen LogP contribution in [0.15, 0.2) is 18.2 Å². The summed E-state index contributed by atoms with van der Waals surface area (Å²) in [4.78, 5) is 0. The van der Waals surface area contributed by atoms with Crippen LogP contribution in [0.25, 0.3) is 0 Å². The van der Waals surface area contributed by atoms with E-state index in [4.69, 9.17) is 11.6 Å². The Hall–Kier alpha value is -0.0500. The van der Waals surface area contributed by atoms with Crippen LogP contribution in [0.1, 0.15) is 0 Å². The lowest BCUT2D eigenvalue weighted by Crippen LogP contribution is -2.29. The summed E-state index contributed by atoms with van der Waals surface area (Å²) in [6, 6.07) is 5.03. The number of nitrogens with one attached hydrogen (secondary N) is 1. The molecule has 1 rings (SSSR count). The Bertz CT molecular complexity index is 462. The number of halogens is 2. The van der Waals surface area contributed by atoms with Gasteiger partial charge in [0, 0.05) is 22.7 Å². The highest BCUT2D eigenvalue weighted by atomic mass is 127. The highest BCUT2D eigenvalue weighted by Gasteiger charge is 2.14. The van der Waals surface area contributed by atoms with Gasteiger partial charge in [-0.2, -0.15) is 12.7 Å². The first-order valence-electron chi connectivity index (χ1n) is 3.98. The van der Waals surface area contributed by atoms with Crippen molar-refractivity contribution >= 4 is 50.1 Å². The van der Waals surface area contributed by atoms with Crippen LogP contribution in [-0.2, 0) is 10.2 Å². The highest BCUT2D eigenvalue weighted by molar-refractivity contribution is 14.1. The lowest BCUT2D eigenvalue weighted by atomic mass is 10.3. The van der Waals surface area contributed by atoms with E-state index in [1.165, 1.54) is 14.1 Å². The van der Waals surface area contributed by atoms with Crippen LogP contribution in [0.2, 0.25) is 5.02 Å². The third-order valence-electron chi connectivity index (χ3n) is 1.65. The molecule has 0 atom stereocenters. The molecule has 0 saturated carbocycles. The molecule has 0 heterocycles. The normalized spacial score (nSPS) is 11.8. The second kappa shape index (κ2) is 4.86. The van der Waals surface area contributed by atoms with E-state index in [1.807, 2.05) is 22.6 Å². The third-order valence-corrected chi connectivity index (χ3v) is 4.26. The van der Waals surface area contributed by atoms with Crippen molar-refractivity contribution in [3.8, 4) is 0 Å². The summed E-state index contributed by atoms with van der Waals surface area (Å²) >= 11 is 7.81. The van der Waals surface area contributed by atoms with E-state index in [0.717, 1.165) is 7.88 Å². The van der Waals surface area contributed by atoms with Crippen LogP contribution >= 0.6 is 34.2 Å². The standard InChI is InChI=1S/C8H10ClIN2O2S/c1-12(2)15(13,14)11-8-5-6(9)3-4-7(8)10/h3-5,11H,1-2H3. The van der Waals surface area contributed by atoms with E-state index in [1.54, 1.807) is 18.2 Å². The van der Waals surface area contributed by atoms with Gasteiger partial charge >= 0.3 is 10.2 Å². The van der Waals surface area contributed by atoms with Crippen LogP contribution in [0, 0.1) is 3.57 Å². The fourth-order valence-corrected chi connectivity index (χ4v) is 2.26. The number of hydrogen-bond donors (Lipinski definition) is 1. The minimum atomic E-state index is -3.47. The van der Waals surface area contributed by atoms with E-state index >= 15 is 0 Å². The quantitative estimate of drug-likeness (QED) is 0.840. The SMILES string of the molecule is CN(C)S(=O)(=O)Nc1cc(Cl)ccc1I. The number of hydrogen-bond acceptors (Lipinski definition) is 2. The first kappa shape index (κ1) is 13.0. The number of nitrogens with zero attached hydrogens (tertiary/aromatic N) is 1. The molecule has 0 radical (unpaired) electrons. The monoisotopic (exact) mass is 360 g/mol. The molecule has 0 spiro atoms. The summed E-state index contributed by atoms with van der Waals surface area (Å²) < 4.78 is 27.4. The zero-order valence-electron chi connectivity index (χ0n) is 8.16. The molecule has 1 N–H and O–H groups in total. The summed E-state index contributed by atoms with van der Waals surface area (Å²) in [5.74, 6) is 0. The molecule has 0 aromatic heterocycles. The Kier molecular flexibility index (Phi) is 4.21. The van der Waals surface area contributed by atoms with Crippen LogP contribution < -0.4 is 4.72 Å². The molecule has 15 heavy (non-hydrogen) atoms. The van der Waals surface area contributed by atoms with Crippen LogP contribution in [0.3, 0.4) is 0 Å². The zero-order valence-corrected chi connectivity index (χ0v) is 11.9. The molecule has 1 aromatic carbocycles. The van der Waals surface area contributed by atoms with Gasteiger partial charge in [-0.15, -0.1) is 0 Å². The summed E-state index contributed by atoms with van der Waals surface area (Å²) in [5.41, 5.74) is 0.483. The van der Waals surface area contributed by atoms with Gasteiger partial charge in [0.25, 0.3) is 0 Å². The van der Waals surface area contributed by atoms with Crippen molar-refractivity contribution in [1.29, 1.82) is 0 Å². The van der Waals surface area contributed by atoms with Crippen molar-refractivity contribution in [3.05, 3.63) is 26.8 Å². The Morgan fingerprint density at radius 3 is 2.53 bits per heavy atom. The van der Waals surface area contributed by atoms with E-state index in [2.05, 4.69) is 4.72 Å². The van der Waals surface area contributed by atoms with Crippen molar-refractivity contribution in [3.63, 3.8) is 0 Å². The lowest BCUT2D eigenvalue weighted by Gasteiger charge is -2.14. The Morgan fingerprint density at radius 2 is 2.00 bits per heavy atom. The molecule has 0 saturated heterocycles. The average molecular weight is 361 g/mol. The van der Waals surface area contributed by atoms with Crippen molar-refractivity contribution in [1.82, 2.24) is 4.31 Å².